The normalized spacial score (nSPS) is 11.9. The Hall–Kier alpha value is -3.93. The van der Waals surface area contributed by atoms with Gasteiger partial charge in [0.15, 0.2) is 0 Å². The Morgan fingerprint density at radius 3 is 2.34 bits per heavy atom. The number of benzene rings is 3. The first-order chi connectivity index (χ1) is 15.5. The smallest absolute Gasteiger partial charge is 0.251 e. The van der Waals surface area contributed by atoms with Crippen molar-refractivity contribution < 1.29 is 9.59 Å². The molecule has 1 aromatic heterocycles. The van der Waals surface area contributed by atoms with Crippen molar-refractivity contribution in [2.75, 3.05) is 0 Å². The van der Waals surface area contributed by atoms with Crippen LogP contribution in [0.2, 0.25) is 0 Å². The predicted molar refractivity (Wildman–Crippen MR) is 125 cm³/mol. The van der Waals surface area contributed by atoms with E-state index in [1.807, 2.05) is 67.6 Å². The highest BCUT2D eigenvalue weighted by Crippen LogP contribution is 2.21. The molecular weight excluding hydrogens is 400 g/mol. The van der Waals surface area contributed by atoms with Gasteiger partial charge in [-0.2, -0.15) is 0 Å². The van der Waals surface area contributed by atoms with Gasteiger partial charge in [0, 0.05) is 17.7 Å². The number of imidazole rings is 1. The second-order valence-electron chi connectivity index (χ2n) is 7.85. The summed E-state index contributed by atoms with van der Waals surface area (Å²) in [4.78, 5) is 28.9. The minimum Gasteiger partial charge on any atom is -0.366 e. The number of aromatic nitrogens is 2. The Kier molecular flexibility index (Phi) is 6.03. The molecule has 6 nitrogen and oxygen atoms in total. The number of rotatable bonds is 7. The van der Waals surface area contributed by atoms with E-state index in [1.165, 1.54) is 0 Å². The van der Waals surface area contributed by atoms with Crippen LogP contribution < -0.4 is 11.1 Å². The first-order valence-electron chi connectivity index (χ1n) is 10.7. The molecule has 3 aromatic carbocycles. The summed E-state index contributed by atoms with van der Waals surface area (Å²) < 4.78 is 2.09. The first-order valence-corrected chi connectivity index (χ1v) is 10.7. The number of fused-ring (bicyclic) bond motifs is 1. The largest absolute Gasteiger partial charge is 0.366 e. The highest BCUT2D eigenvalue weighted by Gasteiger charge is 2.16. The van der Waals surface area contributed by atoms with Crippen molar-refractivity contribution in [2.45, 2.75) is 32.9 Å². The van der Waals surface area contributed by atoms with Gasteiger partial charge in [-0.3, -0.25) is 9.59 Å². The number of aryl methyl sites for hydroxylation is 1. The maximum Gasteiger partial charge on any atom is 0.251 e. The molecule has 0 aliphatic rings. The Balaban J connectivity index is 1.56. The van der Waals surface area contributed by atoms with Gasteiger partial charge in [-0.25, -0.2) is 4.98 Å². The molecule has 4 rings (SSSR count). The molecule has 4 aromatic rings. The molecule has 0 fully saturated rings. The molecule has 6 heteroatoms. The average Bonchev–Trinajstić information content (AvgIpc) is 3.12. The quantitative estimate of drug-likeness (QED) is 0.460. The molecule has 0 aliphatic heterocycles. The molecule has 1 heterocycles. The second kappa shape index (κ2) is 9.06. The van der Waals surface area contributed by atoms with Gasteiger partial charge in [-0.1, -0.05) is 49.4 Å². The number of nitrogens with one attached hydrogen (secondary N) is 1. The maximum absolute atomic E-state index is 12.9. The summed E-state index contributed by atoms with van der Waals surface area (Å²) in [5, 5.41) is 3.13. The van der Waals surface area contributed by atoms with Crippen molar-refractivity contribution in [3.05, 3.63) is 101 Å². The van der Waals surface area contributed by atoms with E-state index in [9.17, 15) is 9.59 Å². The van der Waals surface area contributed by atoms with E-state index in [1.54, 1.807) is 12.1 Å². The minimum atomic E-state index is -0.441. The van der Waals surface area contributed by atoms with Crippen LogP contribution in [0, 0.1) is 6.92 Å². The SMILES string of the molecule is CC[C@@H](NC(=O)c1ccc2c(c1)nc(C)n2Cc1ccc(C(N)=O)cc1)c1ccccc1. The Morgan fingerprint density at radius 2 is 1.69 bits per heavy atom. The van der Waals surface area contributed by atoms with Crippen LogP contribution in [0.25, 0.3) is 11.0 Å². The Bertz CT molecular complexity index is 1260. The summed E-state index contributed by atoms with van der Waals surface area (Å²) in [6.45, 7) is 4.61. The van der Waals surface area contributed by atoms with Gasteiger partial charge < -0.3 is 15.6 Å². The predicted octanol–water partition coefficient (Wildman–Crippen LogP) is 4.37. The van der Waals surface area contributed by atoms with Crippen molar-refractivity contribution in [1.82, 2.24) is 14.9 Å². The summed E-state index contributed by atoms with van der Waals surface area (Å²) in [5.74, 6) is 0.299. The van der Waals surface area contributed by atoms with Crippen LogP contribution in [0.3, 0.4) is 0 Å². The third-order valence-electron chi connectivity index (χ3n) is 5.70. The average molecular weight is 427 g/mol. The van der Waals surface area contributed by atoms with Gasteiger partial charge >= 0.3 is 0 Å². The van der Waals surface area contributed by atoms with Crippen molar-refractivity contribution >= 4 is 22.8 Å². The van der Waals surface area contributed by atoms with Crippen molar-refractivity contribution in [1.29, 1.82) is 0 Å². The fraction of sp³-hybridized carbons (Fsp3) is 0.192. The molecule has 162 valence electrons. The number of nitrogens with two attached hydrogens (primary N) is 1. The Labute approximate surface area is 187 Å². The number of carbonyl (C=O) groups is 2. The van der Waals surface area contributed by atoms with Gasteiger partial charge in [0.2, 0.25) is 5.91 Å². The summed E-state index contributed by atoms with van der Waals surface area (Å²) in [5.41, 5.74) is 10.2. The number of nitrogens with zero attached hydrogens (tertiary/aromatic N) is 2. The van der Waals surface area contributed by atoms with E-state index >= 15 is 0 Å². The number of hydrogen-bond donors (Lipinski definition) is 2. The molecule has 32 heavy (non-hydrogen) atoms. The van der Waals surface area contributed by atoms with Crippen molar-refractivity contribution in [2.24, 2.45) is 5.73 Å². The molecular formula is C26H26N4O2. The zero-order chi connectivity index (χ0) is 22.7. The van der Waals surface area contributed by atoms with Gasteiger partial charge in [-0.05, 0) is 54.8 Å². The monoisotopic (exact) mass is 426 g/mol. The highest BCUT2D eigenvalue weighted by atomic mass is 16.2. The lowest BCUT2D eigenvalue weighted by Crippen LogP contribution is -2.28. The van der Waals surface area contributed by atoms with E-state index in [-0.39, 0.29) is 11.9 Å². The maximum atomic E-state index is 12.9. The topological polar surface area (TPSA) is 90.0 Å². The summed E-state index contributed by atoms with van der Waals surface area (Å²) >= 11 is 0. The van der Waals surface area contributed by atoms with Crippen LogP contribution in [-0.2, 0) is 6.54 Å². The number of primary amides is 1. The molecule has 0 bridgehead atoms. The number of hydrogen-bond acceptors (Lipinski definition) is 3. The number of carbonyl (C=O) groups excluding carboxylic acids is 2. The fourth-order valence-corrected chi connectivity index (χ4v) is 3.90. The molecule has 0 saturated heterocycles. The van der Waals surface area contributed by atoms with Crippen LogP contribution in [-0.4, -0.2) is 21.4 Å². The zero-order valence-electron chi connectivity index (χ0n) is 18.2. The lowest BCUT2D eigenvalue weighted by atomic mass is 10.0. The van der Waals surface area contributed by atoms with Crippen molar-refractivity contribution in [3.8, 4) is 0 Å². The van der Waals surface area contributed by atoms with Gasteiger partial charge in [0.1, 0.15) is 5.82 Å². The van der Waals surface area contributed by atoms with Crippen LogP contribution >= 0.6 is 0 Å². The van der Waals surface area contributed by atoms with Crippen molar-refractivity contribution in [3.63, 3.8) is 0 Å². The Morgan fingerprint density at radius 1 is 1.00 bits per heavy atom. The first kappa shape index (κ1) is 21.3. The fourth-order valence-electron chi connectivity index (χ4n) is 3.90. The summed E-state index contributed by atoms with van der Waals surface area (Å²) in [6, 6.07) is 22.8. The second-order valence-corrected chi connectivity index (χ2v) is 7.85. The lowest BCUT2D eigenvalue weighted by molar-refractivity contribution is 0.0934. The van der Waals surface area contributed by atoms with Crippen LogP contribution in [0.15, 0.2) is 72.8 Å². The molecule has 0 radical (unpaired) electrons. The standard InChI is InChI=1S/C26H26N4O2/c1-3-22(19-7-5-4-6-8-19)29-26(32)21-13-14-24-23(15-21)28-17(2)30(24)16-18-9-11-20(12-10-18)25(27)31/h4-15,22H,3,16H2,1-2H3,(H2,27,31)(H,29,32)/t22-/m1/s1. The summed E-state index contributed by atoms with van der Waals surface area (Å²) in [6.07, 6.45) is 0.806. The summed E-state index contributed by atoms with van der Waals surface area (Å²) in [7, 11) is 0. The molecule has 0 unspecified atom stereocenters. The molecule has 0 aliphatic carbocycles. The minimum absolute atomic E-state index is 0.0398. The molecule has 3 N–H and O–H groups in total. The third-order valence-corrected chi connectivity index (χ3v) is 5.70. The van der Waals surface area contributed by atoms with E-state index in [2.05, 4.69) is 21.8 Å². The van der Waals surface area contributed by atoms with Crippen LogP contribution in [0.5, 0.6) is 0 Å². The highest BCUT2D eigenvalue weighted by molar-refractivity contribution is 5.97. The van der Waals surface area contributed by atoms with Gasteiger partial charge in [-0.15, -0.1) is 0 Å². The zero-order valence-corrected chi connectivity index (χ0v) is 18.2. The van der Waals surface area contributed by atoms with E-state index in [0.29, 0.717) is 17.7 Å². The van der Waals surface area contributed by atoms with E-state index in [4.69, 9.17) is 5.73 Å². The van der Waals surface area contributed by atoms with Crippen LogP contribution in [0.1, 0.15) is 57.1 Å². The molecule has 1 atom stereocenters. The molecule has 2 amide bonds. The van der Waals surface area contributed by atoms with Crippen LogP contribution in [0.4, 0.5) is 0 Å². The third kappa shape index (κ3) is 4.39. The van der Waals surface area contributed by atoms with Gasteiger partial charge in [0.05, 0.1) is 17.1 Å². The number of amides is 2. The molecule has 0 saturated carbocycles. The van der Waals surface area contributed by atoms with E-state index < -0.39 is 5.91 Å². The van der Waals surface area contributed by atoms with E-state index in [0.717, 1.165) is 34.4 Å². The lowest BCUT2D eigenvalue weighted by Gasteiger charge is -2.17. The van der Waals surface area contributed by atoms with Gasteiger partial charge in [0.25, 0.3) is 5.91 Å². The molecule has 0 spiro atoms.